The minimum absolute atomic E-state index is 0. The van der Waals surface area contributed by atoms with E-state index >= 15 is 0 Å². The maximum atomic E-state index is 14.0. The molecule has 1 amide bonds. The molecule has 1 aromatic heterocycles. The number of likely N-dealkylation sites (tertiary alicyclic amines) is 1. The Morgan fingerprint density at radius 1 is 1.33 bits per heavy atom. The molecule has 3 rings (SSSR count). The van der Waals surface area contributed by atoms with Crippen molar-refractivity contribution in [2.24, 2.45) is 5.92 Å². The maximum Gasteiger partial charge on any atom is 0.434 e. The van der Waals surface area contributed by atoms with Gasteiger partial charge in [-0.2, -0.15) is 18.3 Å². The van der Waals surface area contributed by atoms with Crippen LogP contribution in [-0.4, -0.2) is 47.3 Å². The van der Waals surface area contributed by atoms with E-state index in [1.54, 1.807) is 7.05 Å². The van der Waals surface area contributed by atoms with Crippen molar-refractivity contribution in [1.82, 2.24) is 20.0 Å². The molecule has 27 heavy (non-hydrogen) atoms. The molecule has 5 nitrogen and oxygen atoms in total. The smallest absolute Gasteiger partial charge is 0.338 e. The number of benzene rings is 1. The van der Waals surface area contributed by atoms with Gasteiger partial charge in [0.1, 0.15) is 11.5 Å². The summed E-state index contributed by atoms with van der Waals surface area (Å²) in [6.07, 6.45) is -3.27. The minimum atomic E-state index is -4.85. The lowest BCUT2D eigenvalue weighted by molar-refractivity contribution is -0.143. The van der Waals surface area contributed by atoms with E-state index in [-0.39, 0.29) is 24.0 Å². The van der Waals surface area contributed by atoms with Crippen LogP contribution in [-0.2, 0) is 6.18 Å². The van der Waals surface area contributed by atoms with Gasteiger partial charge in [0.25, 0.3) is 5.91 Å². The lowest BCUT2D eigenvalue weighted by Crippen LogP contribution is -2.32. The van der Waals surface area contributed by atoms with Crippen LogP contribution in [0.25, 0.3) is 5.69 Å². The molecule has 1 saturated heterocycles. The number of rotatable bonds is 4. The van der Waals surface area contributed by atoms with Gasteiger partial charge in [-0.25, -0.2) is 9.07 Å². The molecular formula is C17H19ClF4N4O. The average molecular weight is 407 g/mol. The first-order valence-electron chi connectivity index (χ1n) is 8.17. The summed E-state index contributed by atoms with van der Waals surface area (Å²) < 4.78 is 55.3. The molecule has 2 heterocycles. The molecule has 0 spiro atoms. The van der Waals surface area contributed by atoms with Crippen molar-refractivity contribution in [2.45, 2.75) is 12.6 Å². The van der Waals surface area contributed by atoms with Crippen molar-refractivity contribution >= 4 is 18.3 Å². The van der Waals surface area contributed by atoms with Crippen LogP contribution in [0.1, 0.15) is 22.5 Å². The van der Waals surface area contributed by atoms with E-state index in [4.69, 9.17) is 0 Å². The largest absolute Gasteiger partial charge is 0.434 e. The average Bonchev–Trinajstić information content (AvgIpc) is 3.21. The molecule has 0 bridgehead atoms. The number of hydrogen-bond acceptors (Lipinski definition) is 3. The number of nitrogens with zero attached hydrogens (tertiary/aromatic N) is 3. The Hall–Kier alpha value is -2.13. The molecule has 0 saturated carbocycles. The Morgan fingerprint density at radius 3 is 2.67 bits per heavy atom. The Labute approximate surface area is 159 Å². The van der Waals surface area contributed by atoms with E-state index in [0.29, 0.717) is 24.3 Å². The number of nitrogens with one attached hydrogen (secondary N) is 1. The topological polar surface area (TPSA) is 50.2 Å². The minimum Gasteiger partial charge on any atom is -0.338 e. The highest BCUT2D eigenvalue weighted by molar-refractivity contribution is 5.95. The molecular weight excluding hydrogens is 388 g/mol. The summed E-state index contributed by atoms with van der Waals surface area (Å²) in [5, 5.41) is 6.66. The van der Waals surface area contributed by atoms with Crippen LogP contribution >= 0.6 is 12.4 Å². The van der Waals surface area contributed by atoms with Gasteiger partial charge in [0.05, 0.1) is 11.8 Å². The first-order chi connectivity index (χ1) is 12.3. The fraction of sp³-hybridized carbons (Fsp3) is 0.412. The summed E-state index contributed by atoms with van der Waals surface area (Å²) >= 11 is 0. The molecule has 2 aromatic rings. The number of carbonyl (C=O) groups excluding carboxylic acids is 1. The van der Waals surface area contributed by atoms with Crippen molar-refractivity contribution in [3.63, 3.8) is 0 Å². The van der Waals surface area contributed by atoms with E-state index < -0.39 is 29.2 Å². The third-order valence-electron chi connectivity index (χ3n) is 4.41. The maximum absolute atomic E-state index is 14.0. The van der Waals surface area contributed by atoms with Crippen molar-refractivity contribution < 1.29 is 22.4 Å². The summed E-state index contributed by atoms with van der Waals surface area (Å²) in [5.41, 5.74) is -2.18. The molecule has 1 fully saturated rings. The SMILES string of the molecule is CNCC1CCN(C(=O)c2cnn(-c3ccccc3F)c2C(F)(F)F)C1.Cl. The summed E-state index contributed by atoms with van der Waals surface area (Å²) in [6, 6.07) is 5.00. The molecule has 148 valence electrons. The molecule has 1 aromatic carbocycles. The van der Waals surface area contributed by atoms with Gasteiger partial charge in [0.15, 0.2) is 5.69 Å². The number of amides is 1. The quantitative estimate of drug-likeness (QED) is 0.794. The molecule has 0 radical (unpaired) electrons. The summed E-state index contributed by atoms with van der Waals surface area (Å²) in [7, 11) is 1.78. The van der Waals surface area contributed by atoms with Crippen LogP contribution in [0.3, 0.4) is 0 Å². The lowest BCUT2D eigenvalue weighted by atomic mass is 10.1. The first-order valence-corrected chi connectivity index (χ1v) is 8.17. The molecule has 1 aliphatic rings. The van der Waals surface area contributed by atoms with E-state index in [1.807, 2.05) is 0 Å². The Bertz CT molecular complexity index is 808. The monoisotopic (exact) mass is 406 g/mol. The predicted molar refractivity (Wildman–Crippen MR) is 93.7 cm³/mol. The standard InChI is InChI=1S/C17H18F4N4O.ClH/c1-22-8-11-6-7-24(10-11)16(26)12-9-23-25(15(12)17(19,20)21)14-5-3-2-4-13(14)18;/h2-5,9,11,22H,6-8,10H2,1H3;1H. The second kappa shape index (κ2) is 8.26. The van der Waals surface area contributed by atoms with E-state index in [1.165, 1.54) is 23.1 Å². The van der Waals surface area contributed by atoms with Gasteiger partial charge >= 0.3 is 6.18 Å². The van der Waals surface area contributed by atoms with Gasteiger partial charge in [0.2, 0.25) is 0 Å². The van der Waals surface area contributed by atoms with Crippen LogP contribution in [0.15, 0.2) is 30.5 Å². The van der Waals surface area contributed by atoms with Crippen molar-refractivity contribution in [2.75, 3.05) is 26.7 Å². The number of hydrogen-bond donors (Lipinski definition) is 1. The van der Waals surface area contributed by atoms with Crippen LogP contribution in [0.2, 0.25) is 0 Å². The van der Waals surface area contributed by atoms with Crippen LogP contribution < -0.4 is 5.32 Å². The number of aromatic nitrogens is 2. The zero-order chi connectivity index (χ0) is 18.9. The molecule has 1 unspecified atom stereocenters. The fourth-order valence-corrected chi connectivity index (χ4v) is 3.23. The second-order valence-corrected chi connectivity index (χ2v) is 6.23. The lowest BCUT2D eigenvalue weighted by Gasteiger charge is -2.18. The van der Waals surface area contributed by atoms with E-state index in [9.17, 15) is 22.4 Å². The number of halogens is 5. The number of carbonyl (C=O) groups is 1. The van der Waals surface area contributed by atoms with Gasteiger partial charge in [-0.15, -0.1) is 12.4 Å². The van der Waals surface area contributed by atoms with Crippen molar-refractivity contribution in [3.8, 4) is 5.69 Å². The third kappa shape index (κ3) is 4.24. The molecule has 10 heteroatoms. The molecule has 1 aliphatic heterocycles. The van der Waals surface area contributed by atoms with Gasteiger partial charge in [-0.05, 0) is 38.1 Å². The van der Waals surface area contributed by atoms with Gasteiger partial charge < -0.3 is 10.2 Å². The summed E-state index contributed by atoms with van der Waals surface area (Å²) in [5.74, 6) is -1.39. The highest BCUT2D eigenvalue weighted by Crippen LogP contribution is 2.35. The van der Waals surface area contributed by atoms with E-state index in [2.05, 4.69) is 10.4 Å². The van der Waals surface area contributed by atoms with Crippen LogP contribution in [0.5, 0.6) is 0 Å². The van der Waals surface area contributed by atoms with Gasteiger partial charge in [0, 0.05) is 13.1 Å². The number of para-hydroxylation sites is 1. The zero-order valence-electron chi connectivity index (χ0n) is 14.5. The Balaban J connectivity index is 0.00000261. The normalized spacial score (nSPS) is 17.1. The van der Waals surface area contributed by atoms with Gasteiger partial charge in [-0.1, -0.05) is 12.1 Å². The van der Waals surface area contributed by atoms with Crippen LogP contribution in [0.4, 0.5) is 17.6 Å². The number of alkyl halides is 3. The third-order valence-corrected chi connectivity index (χ3v) is 4.41. The molecule has 1 atom stereocenters. The molecule has 0 aliphatic carbocycles. The summed E-state index contributed by atoms with van der Waals surface area (Å²) in [6.45, 7) is 1.44. The van der Waals surface area contributed by atoms with Crippen molar-refractivity contribution in [1.29, 1.82) is 0 Å². The zero-order valence-corrected chi connectivity index (χ0v) is 15.3. The van der Waals surface area contributed by atoms with E-state index in [0.717, 1.165) is 18.7 Å². The van der Waals surface area contributed by atoms with Crippen molar-refractivity contribution in [3.05, 3.63) is 47.5 Å². The Kier molecular flexibility index (Phi) is 6.48. The Morgan fingerprint density at radius 2 is 2.04 bits per heavy atom. The highest BCUT2D eigenvalue weighted by atomic mass is 35.5. The predicted octanol–water partition coefficient (Wildman–Crippen LogP) is 3.13. The second-order valence-electron chi connectivity index (χ2n) is 6.23. The highest BCUT2D eigenvalue weighted by Gasteiger charge is 2.42. The first kappa shape index (κ1) is 21.2. The summed E-state index contributed by atoms with van der Waals surface area (Å²) in [4.78, 5) is 14.0. The van der Waals surface area contributed by atoms with Gasteiger partial charge in [-0.3, -0.25) is 4.79 Å². The van der Waals surface area contributed by atoms with Crippen LogP contribution in [0, 0.1) is 11.7 Å². The fourth-order valence-electron chi connectivity index (χ4n) is 3.23. The molecule has 1 N–H and O–H groups in total.